The first kappa shape index (κ1) is 12.6. The third-order valence-corrected chi connectivity index (χ3v) is 2.90. The van der Waals surface area contributed by atoms with Crippen molar-refractivity contribution in [2.75, 3.05) is 5.73 Å². The highest BCUT2D eigenvalue weighted by Crippen LogP contribution is 2.34. The molecule has 0 aliphatic rings. The molecule has 8 heteroatoms. The Morgan fingerprint density at radius 1 is 1.11 bits per heavy atom. The Kier molecular flexibility index (Phi) is 3.37. The molecule has 0 saturated carbocycles. The highest BCUT2D eigenvalue weighted by molar-refractivity contribution is 7.99. The number of hydrogen-bond acceptors (Lipinski definition) is 5. The summed E-state index contributed by atoms with van der Waals surface area (Å²) in [7, 11) is 0. The van der Waals surface area contributed by atoms with Gasteiger partial charge in [-0.2, -0.15) is 13.2 Å². The molecule has 2 N–H and O–H groups in total. The summed E-state index contributed by atoms with van der Waals surface area (Å²) in [5, 5.41) is 0.323. The van der Waals surface area contributed by atoms with Gasteiger partial charge in [-0.3, -0.25) is 0 Å². The summed E-state index contributed by atoms with van der Waals surface area (Å²) in [5.41, 5.74) is 4.74. The van der Waals surface area contributed by atoms with E-state index in [0.29, 0.717) is 5.16 Å². The van der Waals surface area contributed by atoms with Crippen LogP contribution in [0.5, 0.6) is 0 Å². The molecule has 4 nitrogen and oxygen atoms in total. The van der Waals surface area contributed by atoms with Gasteiger partial charge in [-0.1, -0.05) is 0 Å². The maximum Gasteiger partial charge on any atom is 0.433 e. The van der Waals surface area contributed by atoms with Gasteiger partial charge in [0.25, 0.3) is 0 Å². The van der Waals surface area contributed by atoms with Gasteiger partial charge in [-0.25, -0.2) is 15.0 Å². The molecule has 0 aromatic carbocycles. The fraction of sp³-hybridized carbons (Fsp3) is 0.100. The third-order valence-electron chi connectivity index (χ3n) is 1.93. The largest absolute Gasteiger partial charge is 0.433 e. The molecule has 2 aromatic rings. The Hall–Kier alpha value is -1.83. The Balaban J connectivity index is 2.33. The van der Waals surface area contributed by atoms with Gasteiger partial charge in [0, 0.05) is 17.3 Å². The lowest BCUT2D eigenvalue weighted by molar-refractivity contribution is -0.141. The summed E-state index contributed by atoms with van der Waals surface area (Å²) in [6, 6.07) is 2.50. The lowest BCUT2D eigenvalue weighted by Crippen LogP contribution is -2.08. The van der Waals surface area contributed by atoms with Crippen LogP contribution in [-0.4, -0.2) is 15.0 Å². The second kappa shape index (κ2) is 4.81. The van der Waals surface area contributed by atoms with Crippen LogP contribution in [0.1, 0.15) is 5.69 Å². The van der Waals surface area contributed by atoms with Crippen LogP contribution in [0.25, 0.3) is 0 Å². The van der Waals surface area contributed by atoms with E-state index in [1.54, 1.807) is 6.07 Å². The summed E-state index contributed by atoms with van der Waals surface area (Å²) in [6.45, 7) is 0. The molecule has 94 valence electrons. The van der Waals surface area contributed by atoms with Gasteiger partial charge in [0.05, 0.1) is 11.9 Å². The van der Waals surface area contributed by atoms with Crippen molar-refractivity contribution in [3.05, 3.63) is 36.4 Å². The van der Waals surface area contributed by atoms with Crippen LogP contribution in [-0.2, 0) is 6.18 Å². The number of nitrogens with zero attached hydrogens (tertiary/aromatic N) is 3. The first-order valence-corrected chi connectivity index (χ1v) is 5.56. The molecule has 18 heavy (non-hydrogen) atoms. The zero-order chi connectivity index (χ0) is 13.2. The lowest BCUT2D eigenvalue weighted by Gasteiger charge is -2.09. The van der Waals surface area contributed by atoms with Crippen molar-refractivity contribution in [2.45, 2.75) is 16.2 Å². The van der Waals surface area contributed by atoms with Crippen molar-refractivity contribution in [2.24, 2.45) is 0 Å². The number of hydrogen-bond donors (Lipinski definition) is 1. The predicted octanol–water partition coefficient (Wildman–Crippen LogP) is 2.62. The average molecular weight is 272 g/mol. The van der Waals surface area contributed by atoms with Crippen molar-refractivity contribution in [3.63, 3.8) is 0 Å². The van der Waals surface area contributed by atoms with Gasteiger partial charge in [0.1, 0.15) is 5.69 Å². The van der Waals surface area contributed by atoms with E-state index in [-0.39, 0.29) is 10.6 Å². The molecule has 0 aliphatic heterocycles. The predicted molar refractivity (Wildman–Crippen MR) is 59.8 cm³/mol. The number of alkyl halides is 3. The monoisotopic (exact) mass is 272 g/mol. The van der Waals surface area contributed by atoms with Gasteiger partial charge in [-0.05, 0) is 23.9 Å². The molecule has 0 bridgehead atoms. The van der Waals surface area contributed by atoms with E-state index >= 15 is 0 Å². The molecule has 2 heterocycles. The van der Waals surface area contributed by atoms with E-state index in [9.17, 15) is 13.2 Å². The van der Waals surface area contributed by atoms with Gasteiger partial charge in [0.2, 0.25) is 0 Å². The number of nitrogen functional groups attached to an aromatic ring is 1. The molecule has 0 radical (unpaired) electrons. The van der Waals surface area contributed by atoms with Crippen molar-refractivity contribution in [1.29, 1.82) is 0 Å². The second-order valence-electron chi connectivity index (χ2n) is 3.24. The van der Waals surface area contributed by atoms with Crippen LogP contribution in [0.15, 0.2) is 40.8 Å². The van der Waals surface area contributed by atoms with Crippen molar-refractivity contribution < 1.29 is 13.2 Å². The van der Waals surface area contributed by atoms with Gasteiger partial charge in [-0.15, -0.1) is 0 Å². The van der Waals surface area contributed by atoms with Crippen LogP contribution < -0.4 is 5.73 Å². The highest BCUT2D eigenvalue weighted by Gasteiger charge is 2.33. The van der Waals surface area contributed by atoms with Crippen LogP contribution >= 0.6 is 11.8 Å². The minimum atomic E-state index is -4.50. The zero-order valence-corrected chi connectivity index (χ0v) is 9.66. The average Bonchev–Trinajstić information content (AvgIpc) is 2.32. The molecule has 0 spiro atoms. The van der Waals surface area contributed by atoms with E-state index in [1.807, 2.05) is 0 Å². The topological polar surface area (TPSA) is 64.7 Å². The molecule has 0 amide bonds. The fourth-order valence-electron chi connectivity index (χ4n) is 1.13. The maximum absolute atomic E-state index is 12.5. The van der Waals surface area contributed by atoms with Crippen molar-refractivity contribution in [1.82, 2.24) is 15.0 Å². The van der Waals surface area contributed by atoms with E-state index < -0.39 is 11.9 Å². The molecule has 0 fully saturated rings. The Morgan fingerprint density at radius 2 is 1.78 bits per heavy atom. The van der Waals surface area contributed by atoms with Crippen molar-refractivity contribution in [3.8, 4) is 0 Å². The first-order chi connectivity index (χ1) is 8.47. The first-order valence-electron chi connectivity index (χ1n) is 4.74. The second-order valence-corrected chi connectivity index (χ2v) is 4.25. The number of rotatable bonds is 2. The van der Waals surface area contributed by atoms with Crippen LogP contribution in [0.4, 0.5) is 18.9 Å². The summed E-state index contributed by atoms with van der Waals surface area (Å²) >= 11 is 0.957. The van der Waals surface area contributed by atoms with Gasteiger partial charge < -0.3 is 5.73 Å². The van der Waals surface area contributed by atoms with E-state index in [4.69, 9.17) is 5.73 Å². The SMILES string of the molecule is Nc1cnc(C(F)(F)F)cc1Sc1ncccn1. The molecule has 0 aliphatic carbocycles. The molecule has 0 unspecified atom stereocenters. The zero-order valence-electron chi connectivity index (χ0n) is 8.85. The summed E-state index contributed by atoms with van der Waals surface area (Å²) in [6.07, 6.45) is -0.524. The molecule has 0 atom stereocenters. The standard InChI is InChI=1S/C10H7F3N4S/c11-10(12,13)8-4-7(6(14)5-17-8)18-9-15-2-1-3-16-9/h1-5H,14H2. The quantitative estimate of drug-likeness (QED) is 0.851. The molecule has 2 aromatic heterocycles. The summed E-state index contributed by atoms with van der Waals surface area (Å²) in [4.78, 5) is 11.3. The minimum absolute atomic E-state index is 0.153. The van der Waals surface area contributed by atoms with Crippen LogP contribution in [0.3, 0.4) is 0 Å². The minimum Gasteiger partial charge on any atom is -0.397 e. The fourth-order valence-corrected chi connectivity index (χ4v) is 1.89. The third kappa shape index (κ3) is 2.89. The van der Waals surface area contributed by atoms with Crippen LogP contribution in [0, 0.1) is 0 Å². The van der Waals surface area contributed by atoms with E-state index in [1.165, 1.54) is 12.4 Å². The molecule has 2 rings (SSSR count). The number of anilines is 1. The van der Waals surface area contributed by atoms with Gasteiger partial charge >= 0.3 is 6.18 Å². The Bertz CT molecular complexity index is 545. The number of aromatic nitrogens is 3. The smallest absolute Gasteiger partial charge is 0.397 e. The summed E-state index contributed by atoms with van der Waals surface area (Å²) < 4.78 is 37.5. The van der Waals surface area contributed by atoms with Gasteiger partial charge in [0.15, 0.2) is 5.16 Å². The van der Waals surface area contributed by atoms with E-state index in [2.05, 4.69) is 15.0 Å². The lowest BCUT2D eigenvalue weighted by atomic mass is 10.3. The number of halogens is 3. The highest BCUT2D eigenvalue weighted by atomic mass is 32.2. The van der Waals surface area contributed by atoms with Crippen molar-refractivity contribution >= 4 is 17.4 Å². The molecule has 0 saturated heterocycles. The van der Waals surface area contributed by atoms with Crippen LogP contribution in [0.2, 0.25) is 0 Å². The number of pyridine rings is 1. The van der Waals surface area contributed by atoms with E-state index in [0.717, 1.165) is 24.0 Å². The Morgan fingerprint density at radius 3 is 2.39 bits per heavy atom. The maximum atomic E-state index is 12.5. The Labute approximate surface area is 104 Å². The molecular weight excluding hydrogens is 265 g/mol. The summed E-state index contributed by atoms with van der Waals surface area (Å²) in [5.74, 6) is 0. The normalized spacial score (nSPS) is 11.5. The molecular formula is C10H7F3N4S. The number of nitrogens with two attached hydrogens (primary N) is 1.